The van der Waals surface area contributed by atoms with Crippen molar-refractivity contribution in [2.75, 3.05) is 23.3 Å². The molecule has 1 aromatic heterocycles. The van der Waals surface area contributed by atoms with Crippen LogP contribution in [-0.4, -0.2) is 28.8 Å². The molecule has 1 aliphatic heterocycles. The fourth-order valence-electron chi connectivity index (χ4n) is 3.93. The molecule has 0 saturated carbocycles. The molecule has 7 nitrogen and oxygen atoms in total. The number of hydrogen-bond donors (Lipinski definition) is 2. The van der Waals surface area contributed by atoms with Gasteiger partial charge in [0.1, 0.15) is 0 Å². The highest BCUT2D eigenvalue weighted by Crippen LogP contribution is 2.21. The minimum absolute atomic E-state index is 0.0854. The number of amides is 1. The quantitative estimate of drug-likeness (QED) is 0.682. The molecule has 0 unspecified atom stereocenters. The molecule has 2 aromatic carbocycles. The van der Waals surface area contributed by atoms with Gasteiger partial charge < -0.3 is 10.2 Å². The van der Waals surface area contributed by atoms with E-state index in [4.69, 9.17) is 0 Å². The second-order valence-electron chi connectivity index (χ2n) is 7.69. The summed E-state index contributed by atoms with van der Waals surface area (Å²) in [6, 6.07) is 14.5. The van der Waals surface area contributed by atoms with Gasteiger partial charge in [-0.1, -0.05) is 25.0 Å². The van der Waals surface area contributed by atoms with Gasteiger partial charge in [0.25, 0.3) is 11.1 Å². The number of hydrogen-bond acceptors (Lipinski definition) is 4. The molecule has 0 radical (unpaired) electrons. The van der Waals surface area contributed by atoms with Gasteiger partial charge in [0.15, 0.2) is 0 Å². The first-order valence-corrected chi connectivity index (χ1v) is 10.5. The van der Waals surface area contributed by atoms with Gasteiger partial charge in [0, 0.05) is 30.9 Å². The molecule has 3 aromatic rings. The largest absolute Gasteiger partial charge is 0.372 e. The van der Waals surface area contributed by atoms with Gasteiger partial charge in [-0.15, -0.1) is 0 Å². The van der Waals surface area contributed by atoms with E-state index >= 15 is 0 Å². The Labute approximate surface area is 174 Å². The van der Waals surface area contributed by atoms with Crippen molar-refractivity contribution in [3.8, 4) is 0 Å². The summed E-state index contributed by atoms with van der Waals surface area (Å²) in [5.74, 6) is -0.210. The van der Waals surface area contributed by atoms with Crippen LogP contribution in [0, 0.1) is 0 Å². The van der Waals surface area contributed by atoms with Crippen LogP contribution in [0.3, 0.4) is 0 Å². The van der Waals surface area contributed by atoms with Gasteiger partial charge in [-0.3, -0.25) is 19.5 Å². The lowest BCUT2D eigenvalue weighted by molar-refractivity contribution is -0.116. The summed E-state index contributed by atoms with van der Waals surface area (Å²) in [5, 5.41) is 6.12. The van der Waals surface area contributed by atoms with E-state index in [2.05, 4.69) is 15.3 Å². The number of anilines is 2. The third kappa shape index (κ3) is 4.45. The van der Waals surface area contributed by atoms with E-state index in [1.165, 1.54) is 36.1 Å². The topological polar surface area (TPSA) is 87.2 Å². The molecule has 2 N–H and O–H groups in total. The Balaban J connectivity index is 1.38. The molecule has 30 heavy (non-hydrogen) atoms. The van der Waals surface area contributed by atoms with Crippen LogP contribution in [0.5, 0.6) is 0 Å². The highest BCUT2D eigenvalue weighted by atomic mass is 16.2. The van der Waals surface area contributed by atoms with Crippen molar-refractivity contribution < 1.29 is 4.79 Å². The van der Waals surface area contributed by atoms with Crippen LogP contribution >= 0.6 is 0 Å². The number of carbonyl (C=O) groups excluding carboxylic acids is 1. The van der Waals surface area contributed by atoms with Crippen molar-refractivity contribution in [1.82, 2.24) is 9.78 Å². The zero-order valence-electron chi connectivity index (χ0n) is 16.9. The summed E-state index contributed by atoms with van der Waals surface area (Å²) in [6.45, 7) is 2.26. The third-order valence-electron chi connectivity index (χ3n) is 5.57. The van der Waals surface area contributed by atoms with Gasteiger partial charge in [0.05, 0.1) is 17.3 Å². The maximum Gasteiger partial charge on any atom is 0.273 e. The van der Waals surface area contributed by atoms with Crippen LogP contribution in [0.4, 0.5) is 11.4 Å². The Morgan fingerprint density at radius 3 is 2.27 bits per heavy atom. The summed E-state index contributed by atoms with van der Waals surface area (Å²) in [6.07, 6.45) is 5.10. The van der Waals surface area contributed by atoms with Crippen LogP contribution in [0.15, 0.2) is 58.1 Å². The van der Waals surface area contributed by atoms with Crippen molar-refractivity contribution in [3.63, 3.8) is 0 Å². The summed E-state index contributed by atoms with van der Waals surface area (Å²) in [5.41, 5.74) is 1.25. The first-order chi connectivity index (χ1) is 14.6. The smallest absolute Gasteiger partial charge is 0.273 e. The maximum atomic E-state index is 12.5. The van der Waals surface area contributed by atoms with Gasteiger partial charge in [-0.2, -0.15) is 0 Å². The highest BCUT2D eigenvalue weighted by Gasteiger charge is 2.11. The molecule has 1 aliphatic rings. The Bertz CT molecular complexity index is 1140. The molecule has 2 heterocycles. The number of nitrogens with zero attached hydrogens (tertiary/aromatic N) is 2. The fraction of sp³-hybridized carbons (Fsp3) is 0.348. The minimum atomic E-state index is -0.338. The minimum Gasteiger partial charge on any atom is -0.372 e. The average molecular weight is 406 g/mol. The molecule has 1 saturated heterocycles. The van der Waals surface area contributed by atoms with Crippen molar-refractivity contribution >= 4 is 28.1 Å². The molecule has 1 fully saturated rings. The molecule has 0 spiro atoms. The van der Waals surface area contributed by atoms with Crippen LogP contribution in [0.25, 0.3) is 10.8 Å². The van der Waals surface area contributed by atoms with Crippen molar-refractivity contribution in [1.29, 1.82) is 0 Å². The van der Waals surface area contributed by atoms with Gasteiger partial charge >= 0.3 is 0 Å². The third-order valence-corrected chi connectivity index (χ3v) is 5.57. The average Bonchev–Trinajstić information content (AvgIpc) is 3.05. The van der Waals surface area contributed by atoms with Gasteiger partial charge in [-0.05, 0) is 49.2 Å². The molecule has 0 bridgehead atoms. The van der Waals surface area contributed by atoms with E-state index in [1.54, 1.807) is 24.3 Å². The number of benzene rings is 2. The Hall–Kier alpha value is -3.35. The molecule has 0 aliphatic carbocycles. The van der Waals surface area contributed by atoms with E-state index in [0.29, 0.717) is 10.8 Å². The first kappa shape index (κ1) is 19.9. The summed E-state index contributed by atoms with van der Waals surface area (Å²) in [4.78, 5) is 39.4. The number of nitrogens with one attached hydrogen (secondary N) is 2. The molecular formula is C23H26N4O3. The first-order valence-electron chi connectivity index (χ1n) is 10.5. The summed E-state index contributed by atoms with van der Waals surface area (Å²) >= 11 is 0. The highest BCUT2D eigenvalue weighted by molar-refractivity contribution is 5.90. The lowest BCUT2D eigenvalue weighted by Crippen LogP contribution is -2.31. The Kier molecular flexibility index (Phi) is 5.97. The number of aryl methyl sites for hydroxylation is 1. The van der Waals surface area contributed by atoms with E-state index in [0.717, 1.165) is 18.8 Å². The lowest BCUT2D eigenvalue weighted by atomic mass is 10.2. The second kappa shape index (κ2) is 8.98. The van der Waals surface area contributed by atoms with Crippen LogP contribution < -0.4 is 21.3 Å². The van der Waals surface area contributed by atoms with Crippen LogP contribution in [0.2, 0.25) is 0 Å². The van der Waals surface area contributed by atoms with E-state index in [1.807, 2.05) is 24.3 Å². The van der Waals surface area contributed by atoms with Crippen LogP contribution in [-0.2, 0) is 11.3 Å². The second-order valence-corrected chi connectivity index (χ2v) is 7.69. The van der Waals surface area contributed by atoms with Gasteiger partial charge in [-0.25, -0.2) is 4.68 Å². The van der Waals surface area contributed by atoms with E-state index < -0.39 is 0 Å². The standard InChI is InChI=1S/C23H26N4O3/c28-21(13-16-27-23(30)20-8-4-3-7-19(20)22(29)25-27)24-17-9-11-18(12-10-17)26-14-5-1-2-6-15-26/h3-4,7-12H,1-2,5-6,13-16H2,(H,24,28)(H,25,29). The van der Waals surface area contributed by atoms with E-state index in [-0.39, 0.29) is 30.0 Å². The number of carbonyl (C=O) groups is 1. The summed E-state index contributed by atoms with van der Waals surface area (Å²) < 4.78 is 1.20. The van der Waals surface area contributed by atoms with Gasteiger partial charge in [0.2, 0.25) is 5.91 Å². The predicted molar refractivity (Wildman–Crippen MR) is 119 cm³/mol. The monoisotopic (exact) mass is 406 g/mol. The van der Waals surface area contributed by atoms with Crippen molar-refractivity contribution in [2.24, 2.45) is 0 Å². The number of H-pyrrole nitrogens is 1. The fourth-order valence-corrected chi connectivity index (χ4v) is 3.93. The van der Waals surface area contributed by atoms with Crippen molar-refractivity contribution in [3.05, 3.63) is 69.2 Å². The number of aromatic nitrogens is 2. The molecule has 4 rings (SSSR count). The van der Waals surface area contributed by atoms with E-state index in [9.17, 15) is 14.4 Å². The predicted octanol–water partition coefficient (Wildman–Crippen LogP) is 3.10. The number of fused-ring (bicyclic) bond motifs is 1. The molecule has 1 amide bonds. The number of rotatable bonds is 5. The molecule has 7 heteroatoms. The number of aromatic amines is 1. The Morgan fingerprint density at radius 2 is 1.57 bits per heavy atom. The zero-order valence-corrected chi connectivity index (χ0v) is 16.9. The molecular weight excluding hydrogens is 380 g/mol. The van der Waals surface area contributed by atoms with Crippen LogP contribution in [0.1, 0.15) is 32.1 Å². The lowest BCUT2D eigenvalue weighted by Gasteiger charge is -2.22. The normalized spacial score (nSPS) is 14.5. The van der Waals surface area contributed by atoms with Crippen molar-refractivity contribution in [2.45, 2.75) is 38.6 Å². The maximum absolute atomic E-state index is 12.5. The zero-order chi connectivity index (χ0) is 20.9. The Morgan fingerprint density at radius 1 is 0.900 bits per heavy atom. The molecule has 0 atom stereocenters. The molecule has 156 valence electrons. The SMILES string of the molecule is O=C(CCn1[nH]c(=O)c2ccccc2c1=O)Nc1ccc(N2CCCCCC2)cc1. The summed E-state index contributed by atoms with van der Waals surface area (Å²) in [7, 11) is 0.